The lowest BCUT2D eigenvalue weighted by atomic mass is 10.0. The van der Waals surface area contributed by atoms with Crippen LogP contribution in [0.2, 0.25) is 0 Å². The molecule has 0 aliphatic carbocycles. The Morgan fingerprint density at radius 1 is 1.48 bits per heavy atom. The molecule has 5 heteroatoms. The van der Waals surface area contributed by atoms with Crippen LogP contribution in [-0.4, -0.2) is 46.3 Å². The molecule has 1 amide bonds. The summed E-state index contributed by atoms with van der Waals surface area (Å²) in [5.41, 5.74) is 1.63. The van der Waals surface area contributed by atoms with Crippen molar-refractivity contribution in [2.75, 3.05) is 19.6 Å². The molecule has 1 N–H and O–H groups in total. The molecule has 2 heterocycles. The number of amides is 1. The number of aromatic nitrogens is 2. The van der Waals surface area contributed by atoms with Crippen LogP contribution in [0.15, 0.2) is 6.07 Å². The average Bonchev–Trinajstić information content (AvgIpc) is 2.88. The van der Waals surface area contributed by atoms with Gasteiger partial charge in [-0.1, -0.05) is 13.3 Å². The highest BCUT2D eigenvalue weighted by Gasteiger charge is 2.23. The zero-order valence-electron chi connectivity index (χ0n) is 13.6. The molecular weight excluding hydrogens is 264 g/mol. The molecular formula is C16H28N4O. The van der Waals surface area contributed by atoms with Crippen molar-refractivity contribution < 1.29 is 4.79 Å². The molecule has 1 aromatic rings. The second-order valence-electron chi connectivity index (χ2n) is 5.88. The summed E-state index contributed by atoms with van der Waals surface area (Å²) in [5.74, 6) is 0.117. The summed E-state index contributed by atoms with van der Waals surface area (Å²) < 4.78 is 1.81. The first kappa shape index (κ1) is 16.0. The van der Waals surface area contributed by atoms with Crippen molar-refractivity contribution in [2.45, 2.75) is 59.0 Å². The third kappa shape index (κ3) is 4.06. The molecule has 1 aromatic heterocycles. The first-order valence-electron chi connectivity index (χ1n) is 8.22. The van der Waals surface area contributed by atoms with E-state index in [9.17, 15) is 4.79 Å². The molecule has 1 atom stereocenters. The smallest absolute Gasteiger partial charge is 0.272 e. The maximum Gasteiger partial charge on any atom is 0.272 e. The van der Waals surface area contributed by atoms with Gasteiger partial charge in [0.05, 0.1) is 5.69 Å². The molecule has 1 fully saturated rings. The van der Waals surface area contributed by atoms with Crippen LogP contribution in [0.4, 0.5) is 0 Å². The second-order valence-corrected chi connectivity index (χ2v) is 5.88. The maximum absolute atomic E-state index is 12.8. The summed E-state index contributed by atoms with van der Waals surface area (Å²) in [6.07, 6.45) is 4.66. The quantitative estimate of drug-likeness (QED) is 0.874. The predicted octanol–water partition coefficient (Wildman–Crippen LogP) is 2.21. The molecule has 21 heavy (non-hydrogen) atoms. The Balaban J connectivity index is 2.10. The Labute approximate surface area is 127 Å². The Hall–Kier alpha value is -1.36. The molecule has 2 rings (SSSR count). The van der Waals surface area contributed by atoms with Gasteiger partial charge in [-0.2, -0.15) is 5.10 Å². The van der Waals surface area contributed by atoms with E-state index < -0.39 is 0 Å². The van der Waals surface area contributed by atoms with Gasteiger partial charge in [0.25, 0.3) is 5.91 Å². The lowest BCUT2D eigenvalue weighted by molar-refractivity contribution is 0.0719. The normalized spacial score (nSPS) is 18.7. The van der Waals surface area contributed by atoms with Crippen LogP contribution in [0.5, 0.6) is 0 Å². The van der Waals surface area contributed by atoms with Crippen molar-refractivity contribution in [3.05, 3.63) is 17.5 Å². The van der Waals surface area contributed by atoms with Crippen molar-refractivity contribution in [1.82, 2.24) is 20.0 Å². The van der Waals surface area contributed by atoms with E-state index in [1.165, 1.54) is 19.3 Å². The maximum atomic E-state index is 12.8. The summed E-state index contributed by atoms with van der Waals surface area (Å²) in [4.78, 5) is 14.8. The largest absolute Gasteiger partial charge is 0.336 e. The van der Waals surface area contributed by atoms with Gasteiger partial charge in [-0.05, 0) is 45.7 Å². The minimum absolute atomic E-state index is 0.117. The molecule has 1 saturated heterocycles. The van der Waals surface area contributed by atoms with Crippen LogP contribution in [0.25, 0.3) is 0 Å². The molecule has 0 saturated carbocycles. The minimum Gasteiger partial charge on any atom is -0.336 e. The molecule has 0 spiro atoms. The van der Waals surface area contributed by atoms with Crippen LogP contribution in [-0.2, 0) is 6.54 Å². The van der Waals surface area contributed by atoms with Crippen molar-refractivity contribution in [2.24, 2.45) is 0 Å². The van der Waals surface area contributed by atoms with Gasteiger partial charge in [0.1, 0.15) is 5.69 Å². The lowest BCUT2D eigenvalue weighted by Gasteiger charge is -2.30. The van der Waals surface area contributed by atoms with Crippen molar-refractivity contribution >= 4 is 5.91 Å². The van der Waals surface area contributed by atoms with Gasteiger partial charge < -0.3 is 10.2 Å². The van der Waals surface area contributed by atoms with Crippen molar-refractivity contribution in [1.29, 1.82) is 0 Å². The number of nitrogens with zero attached hydrogens (tertiary/aromatic N) is 3. The third-order valence-corrected chi connectivity index (χ3v) is 4.05. The summed E-state index contributed by atoms with van der Waals surface area (Å²) in [6.45, 7) is 9.51. The summed E-state index contributed by atoms with van der Waals surface area (Å²) >= 11 is 0. The zero-order valence-corrected chi connectivity index (χ0v) is 13.6. The Morgan fingerprint density at radius 3 is 2.90 bits per heavy atom. The number of aryl methyl sites for hydroxylation is 2. The fourth-order valence-corrected chi connectivity index (χ4v) is 3.01. The van der Waals surface area contributed by atoms with E-state index in [0.29, 0.717) is 6.04 Å². The first-order valence-corrected chi connectivity index (χ1v) is 8.22. The van der Waals surface area contributed by atoms with Crippen LogP contribution in [0.3, 0.4) is 0 Å². The van der Waals surface area contributed by atoms with Gasteiger partial charge in [0.15, 0.2) is 0 Å². The van der Waals surface area contributed by atoms with Gasteiger partial charge in [-0.25, -0.2) is 0 Å². The summed E-state index contributed by atoms with van der Waals surface area (Å²) in [5, 5.41) is 7.92. The highest BCUT2D eigenvalue weighted by atomic mass is 16.2. The van der Waals surface area contributed by atoms with E-state index in [-0.39, 0.29) is 5.91 Å². The zero-order chi connectivity index (χ0) is 15.2. The molecule has 118 valence electrons. The van der Waals surface area contributed by atoms with Crippen LogP contribution >= 0.6 is 0 Å². The number of hydrogen-bond donors (Lipinski definition) is 1. The van der Waals surface area contributed by atoms with E-state index in [4.69, 9.17) is 0 Å². The van der Waals surface area contributed by atoms with Gasteiger partial charge in [0, 0.05) is 25.7 Å². The Kier molecular flexibility index (Phi) is 5.79. The van der Waals surface area contributed by atoms with Gasteiger partial charge in [-0.3, -0.25) is 9.48 Å². The van der Waals surface area contributed by atoms with Crippen LogP contribution in [0, 0.1) is 6.92 Å². The molecule has 1 aliphatic rings. The van der Waals surface area contributed by atoms with Gasteiger partial charge >= 0.3 is 0 Å². The minimum atomic E-state index is 0.117. The van der Waals surface area contributed by atoms with E-state index in [2.05, 4.69) is 17.3 Å². The molecule has 0 bridgehead atoms. The lowest BCUT2D eigenvalue weighted by Crippen LogP contribution is -2.46. The van der Waals surface area contributed by atoms with Gasteiger partial charge in [-0.15, -0.1) is 0 Å². The van der Waals surface area contributed by atoms with Crippen LogP contribution < -0.4 is 5.32 Å². The van der Waals surface area contributed by atoms with E-state index in [1.54, 1.807) is 0 Å². The highest BCUT2D eigenvalue weighted by molar-refractivity contribution is 5.92. The number of carbonyl (C=O) groups is 1. The fourth-order valence-electron chi connectivity index (χ4n) is 3.01. The molecule has 5 nitrogen and oxygen atoms in total. The number of piperidine rings is 1. The molecule has 0 aromatic carbocycles. The van der Waals surface area contributed by atoms with E-state index in [1.807, 2.05) is 29.5 Å². The SMILES string of the molecule is CCCN(CC1CCCCN1)C(=O)c1cc(C)nn1CC. The van der Waals surface area contributed by atoms with E-state index >= 15 is 0 Å². The molecule has 1 aliphatic heterocycles. The van der Waals surface area contributed by atoms with Crippen molar-refractivity contribution in [3.8, 4) is 0 Å². The number of hydrogen-bond acceptors (Lipinski definition) is 3. The average molecular weight is 292 g/mol. The molecule has 1 unspecified atom stereocenters. The third-order valence-electron chi connectivity index (χ3n) is 4.05. The Morgan fingerprint density at radius 2 is 2.29 bits per heavy atom. The van der Waals surface area contributed by atoms with Crippen molar-refractivity contribution in [3.63, 3.8) is 0 Å². The van der Waals surface area contributed by atoms with Crippen LogP contribution in [0.1, 0.15) is 55.7 Å². The highest BCUT2D eigenvalue weighted by Crippen LogP contribution is 2.13. The Bertz CT molecular complexity index is 463. The summed E-state index contributed by atoms with van der Waals surface area (Å²) in [6, 6.07) is 2.34. The topological polar surface area (TPSA) is 50.2 Å². The van der Waals surface area contributed by atoms with Gasteiger partial charge in [0.2, 0.25) is 0 Å². The number of carbonyl (C=O) groups excluding carboxylic acids is 1. The van der Waals surface area contributed by atoms with E-state index in [0.717, 1.165) is 44.0 Å². The first-order chi connectivity index (χ1) is 10.2. The number of rotatable bonds is 6. The summed E-state index contributed by atoms with van der Waals surface area (Å²) in [7, 11) is 0. The predicted molar refractivity (Wildman–Crippen MR) is 84.5 cm³/mol. The second kappa shape index (κ2) is 7.59. The fraction of sp³-hybridized carbons (Fsp3) is 0.750. The number of nitrogens with one attached hydrogen (secondary N) is 1. The molecule has 0 radical (unpaired) electrons. The monoisotopic (exact) mass is 292 g/mol. The standard InChI is InChI=1S/C16H28N4O/c1-4-10-19(12-14-8-6-7-9-17-14)16(21)15-11-13(3)18-20(15)5-2/h11,14,17H,4-10,12H2,1-3H3.